The zero-order valence-corrected chi connectivity index (χ0v) is 15.4. The van der Waals surface area contributed by atoms with Crippen molar-refractivity contribution in [2.75, 3.05) is 0 Å². The lowest BCUT2D eigenvalue weighted by Crippen LogP contribution is -2.27. The predicted octanol–water partition coefficient (Wildman–Crippen LogP) is 5.48. The highest BCUT2D eigenvalue weighted by atomic mass is 16.3. The lowest BCUT2D eigenvalue weighted by molar-refractivity contribution is 0.358. The Hall–Kier alpha value is -1.96. The summed E-state index contributed by atoms with van der Waals surface area (Å²) in [6, 6.07) is 10.1. The van der Waals surface area contributed by atoms with Gasteiger partial charge in [0.2, 0.25) is 0 Å². The molecule has 2 unspecified atom stereocenters. The molecule has 2 heteroatoms. The lowest BCUT2D eigenvalue weighted by Gasteiger charge is -2.33. The highest BCUT2D eigenvalue weighted by Crippen LogP contribution is 2.57. The van der Waals surface area contributed by atoms with Crippen LogP contribution < -0.4 is 0 Å². The first-order valence-corrected chi connectivity index (χ1v) is 8.92. The fourth-order valence-corrected chi connectivity index (χ4v) is 4.49. The van der Waals surface area contributed by atoms with E-state index in [0.29, 0.717) is 11.5 Å². The molecule has 2 nitrogen and oxygen atoms in total. The molecular weight excluding hydrogens is 296 g/mol. The molecule has 0 saturated heterocycles. The summed E-state index contributed by atoms with van der Waals surface area (Å²) in [6.45, 7) is 10.7. The lowest BCUT2D eigenvalue weighted by atomic mass is 9.70. The maximum absolute atomic E-state index is 10.4. The van der Waals surface area contributed by atoms with Gasteiger partial charge in [0, 0.05) is 5.41 Å². The molecule has 0 aromatic heterocycles. The molecule has 0 spiro atoms. The van der Waals surface area contributed by atoms with E-state index in [2.05, 4.69) is 32.9 Å². The molecule has 3 rings (SSSR count). The molecule has 2 N–H and O–H groups in total. The standard InChI is InChI=1S/C22H28O2/c1-6-21(5)13-22(7-2,16-8-9-19(23)14(3)10-16)18-12-20(24)15(4)11-17(18)21/h8-12,23-24H,6-7,13H2,1-5H3. The molecule has 1 aliphatic rings. The van der Waals surface area contributed by atoms with Gasteiger partial charge in [-0.25, -0.2) is 0 Å². The van der Waals surface area contributed by atoms with Gasteiger partial charge < -0.3 is 10.2 Å². The third-order valence-corrected chi connectivity index (χ3v) is 6.33. The molecule has 2 aromatic carbocycles. The Morgan fingerprint density at radius 2 is 1.54 bits per heavy atom. The molecule has 2 atom stereocenters. The zero-order valence-electron chi connectivity index (χ0n) is 15.4. The second-order valence-corrected chi connectivity index (χ2v) is 7.71. The molecule has 2 aromatic rings. The smallest absolute Gasteiger partial charge is 0.118 e. The van der Waals surface area contributed by atoms with Crippen molar-refractivity contribution < 1.29 is 10.2 Å². The Balaban J connectivity index is 2.30. The molecule has 0 fully saturated rings. The summed E-state index contributed by atoms with van der Waals surface area (Å²) in [5.41, 5.74) is 5.71. The van der Waals surface area contributed by atoms with Crippen LogP contribution in [0.2, 0.25) is 0 Å². The quantitative estimate of drug-likeness (QED) is 0.784. The average molecular weight is 324 g/mol. The van der Waals surface area contributed by atoms with E-state index in [1.54, 1.807) is 6.07 Å². The summed E-state index contributed by atoms with van der Waals surface area (Å²) in [5, 5.41) is 20.3. The van der Waals surface area contributed by atoms with Crippen LogP contribution in [-0.4, -0.2) is 10.2 Å². The van der Waals surface area contributed by atoms with Crippen molar-refractivity contribution in [2.45, 2.75) is 64.7 Å². The van der Waals surface area contributed by atoms with Crippen LogP contribution in [0.4, 0.5) is 0 Å². The summed E-state index contributed by atoms with van der Waals surface area (Å²) in [7, 11) is 0. The highest BCUT2D eigenvalue weighted by molar-refractivity contribution is 5.57. The second kappa shape index (κ2) is 5.54. The van der Waals surface area contributed by atoms with Gasteiger partial charge in [0.05, 0.1) is 0 Å². The maximum atomic E-state index is 10.4. The summed E-state index contributed by atoms with van der Waals surface area (Å²) >= 11 is 0. The first-order chi connectivity index (χ1) is 11.3. The third kappa shape index (κ3) is 2.23. The van der Waals surface area contributed by atoms with Gasteiger partial charge in [0.25, 0.3) is 0 Å². The van der Waals surface area contributed by atoms with Crippen molar-refractivity contribution in [1.82, 2.24) is 0 Å². The summed E-state index contributed by atoms with van der Waals surface area (Å²) in [5.74, 6) is 0.718. The van der Waals surface area contributed by atoms with Gasteiger partial charge in [-0.05, 0) is 78.5 Å². The number of rotatable bonds is 3. The van der Waals surface area contributed by atoms with Crippen LogP contribution in [-0.2, 0) is 10.8 Å². The van der Waals surface area contributed by atoms with E-state index >= 15 is 0 Å². The fraction of sp³-hybridized carbons (Fsp3) is 0.455. The minimum atomic E-state index is -0.107. The molecule has 1 aliphatic carbocycles. The maximum Gasteiger partial charge on any atom is 0.118 e. The van der Waals surface area contributed by atoms with Crippen LogP contribution in [0, 0.1) is 13.8 Å². The van der Waals surface area contributed by atoms with Crippen LogP contribution in [0.15, 0.2) is 30.3 Å². The Kier molecular flexibility index (Phi) is 3.90. The van der Waals surface area contributed by atoms with E-state index < -0.39 is 0 Å². The van der Waals surface area contributed by atoms with E-state index in [0.717, 1.165) is 30.4 Å². The molecule has 0 amide bonds. The summed E-state index contributed by atoms with van der Waals surface area (Å²) in [4.78, 5) is 0. The average Bonchev–Trinajstić information content (AvgIpc) is 2.81. The summed E-state index contributed by atoms with van der Waals surface area (Å²) in [6.07, 6.45) is 3.08. The normalized spacial score (nSPS) is 25.7. The number of hydrogen-bond donors (Lipinski definition) is 2. The summed E-state index contributed by atoms with van der Waals surface area (Å²) < 4.78 is 0. The van der Waals surface area contributed by atoms with Gasteiger partial charge in [-0.15, -0.1) is 0 Å². The number of phenols is 2. The third-order valence-electron chi connectivity index (χ3n) is 6.33. The molecule has 0 aliphatic heterocycles. The Morgan fingerprint density at radius 1 is 0.875 bits per heavy atom. The molecule has 0 bridgehead atoms. The van der Waals surface area contributed by atoms with Gasteiger partial charge in [-0.3, -0.25) is 0 Å². The first kappa shape index (κ1) is 16.9. The highest BCUT2D eigenvalue weighted by Gasteiger charge is 2.49. The minimum Gasteiger partial charge on any atom is -0.508 e. The molecule has 0 heterocycles. The molecular formula is C22H28O2. The van der Waals surface area contributed by atoms with Crippen LogP contribution in [0.3, 0.4) is 0 Å². The number of fused-ring (bicyclic) bond motifs is 1. The topological polar surface area (TPSA) is 40.5 Å². The van der Waals surface area contributed by atoms with Crippen molar-refractivity contribution in [3.63, 3.8) is 0 Å². The predicted molar refractivity (Wildman–Crippen MR) is 99.0 cm³/mol. The van der Waals surface area contributed by atoms with Crippen LogP contribution in [0.25, 0.3) is 0 Å². The number of phenolic OH excluding ortho intramolecular Hbond substituents is 2. The second-order valence-electron chi connectivity index (χ2n) is 7.71. The SMILES string of the molecule is CCC1(C)CC(CC)(c2ccc(O)c(C)c2)c2cc(O)c(C)cc21. The Bertz CT molecular complexity index is 793. The Morgan fingerprint density at radius 3 is 2.12 bits per heavy atom. The van der Waals surface area contributed by atoms with Crippen molar-refractivity contribution in [1.29, 1.82) is 0 Å². The van der Waals surface area contributed by atoms with E-state index in [1.165, 1.54) is 16.7 Å². The van der Waals surface area contributed by atoms with E-state index in [1.807, 2.05) is 26.0 Å². The van der Waals surface area contributed by atoms with Gasteiger partial charge in [-0.1, -0.05) is 39.0 Å². The van der Waals surface area contributed by atoms with Gasteiger partial charge in [-0.2, -0.15) is 0 Å². The van der Waals surface area contributed by atoms with Crippen LogP contribution in [0.5, 0.6) is 11.5 Å². The van der Waals surface area contributed by atoms with Gasteiger partial charge in [0.15, 0.2) is 0 Å². The number of aryl methyl sites for hydroxylation is 2. The van der Waals surface area contributed by atoms with Crippen molar-refractivity contribution in [3.8, 4) is 11.5 Å². The largest absolute Gasteiger partial charge is 0.508 e. The molecule has 24 heavy (non-hydrogen) atoms. The van der Waals surface area contributed by atoms with Gasteiger partial charge in [0.1, 0.15) is 11.5 Å². The van der Waals surface area contributed by atoms with Crippen LogP contribution in [0.1, 0.15) is 67.9 Å². The Labute approximate surface area is 145 Å². The first-order valence-electron chi connectivity index (χ1n) is 8.92. The minimum absolute atomic E-state index is 0.107. The molecule has 0 radical (unpaired) electrons. The monoisotopic (exact) mass is 324 g/mol. The van der Waals surface area contributed by atoms with Crippen molar-refractivity contribution in [2.24, 2.45) is 0 Å². The van der Waals surface area contributed by atoms with Crippen LogP contribution >= 0.6 is 0 Å². The zero-order chi connectivity index (χ0) is 17.7. The van der Waals surface area contributed by atoms with E-state index in [-0.39, 0.29) is 10.8 Å². The van der Waals surface area contributed by atoms with E-state index in [9.17, 15) is 10.2 Å². The number of benzene rings is 2. The van der Waals surface area contributed by atoms with Crippen molar-refractivity contribution >= 4 is 0 Å². The van der Waals surface area contributed by atoms with Gasteiger partial charge >= 0.3 is 0 Å². The number of aromatic hydroxyl groups is 2. The number of hydrogen-bond acceptors (Lipinski definition) is 2. The molecule has 0 saturated carbocycles. The molecule has 128 valence electrons. The van der Waals surface area contributed by atoms with E-state index in [4.69, 9.17) is 0 Å². The van der Waals surface area contributed by atoms with Crippen molar-refractivity contribution in [3.05, 3.63) is 58.1 Å². The fourth-order valence-electron chi connectivity index (χ4n) is 4.49.